The molecule has 4 nitrogen and oxygen atoms in total. The van der Waals surface area contributed by atoms with E-state index in [1.165, 1.54) is 31.4 Å². The Kier molecular flexibility index (Phi) is 3.57. The van der Waals surface area contributed by atoms with Crippen LogP contribution in [-0.2, 0) is 11.3 Å². The molecule has 0 radical (unpaired) electrons. The Bertz CT molecular complexity index is 610. The van der Waals surface area contributed by atoms with Crippen LogP contribution in [0.15, 0.2) is 29.1 Å². The van der Waals surface area contributed by atoms with Gasteiger partial charge in [-0.3, -0.25) is 4.79 Å². The molecule has 0 amide bonds. The summed E-state index contributed by atoms with van der Waals surface area (Å²) in [5, 5.41) is 0.299. The van der Waals surface area contributed by atoms with Crippen molar-refractivity contribution in [3.05, 3.63) is 40.2 Å². The number of aromatic nitrogens is 1. The highest BCUT2D eigenvalue weighted by Crippen LogP contribution is 2.19. The standard InChI is InChI=1S/C12H11F2NO3/c1-17-6-7-4-11(16)9-5-8(18-12(13)14)2-3-10(9)15-7/h2-5,12H,6H2,1H3,(H,15,16). The fraction of sp³-hybridized carbons (Fsp3) is 0.250. The highest BCUT2D eigenvalue weighted by Gasteiger charge is 2.07. The summed E-state index contributed by atoms with van der Waals surface area (Å²) < 4.78 is 33.3. The number of aromatic amines is 1. The SMILES string of the molecule is COCc1cc(=O)c2cc(OC(F)F)ccc2[nH]1. The minimum Gasteiger partial charge on any atom is -0.435 e. The lowest BCUT2D eigenvalue weighted by atomic mass is 10.2. The van der Waals surface area contributed by atoms with Crippen molar-refractivity contribution in [3.63, 3.8) is 0 Å². The Balaban J connectivity index is 2.48. The molecule has 2 aromatic rings. The van der Waals surface area contributed by atoms with Crippen LogP contribution in [-0.4, -0.2) is 18.7 Å². The maximum Gasteiger partial charge on any atom is 0.387 e. The van der Waals surface area contributed by atoms with E-state index in [1.807, 2.05) is 0 Å². The van der Waals surface area contributed by atoms with Crippen molar-refractivity contribution in [2.45, 2.75) is 13.2 Å². The molecule has 0 saturated carbocycles. The minimum absolute atomic E-state index is 0.0394. The number of methoxy groups -OCH3 is 1. The van der Waals surface area contributed by atoms with E-state index in [2.05, 4.69) is 9.72 Å². The molecule has 2 rings (SSSR count). The number of benzene rings is 1. The first-order valence-corrected chi connectivity index (χ1v) is 5.20. The van der Waals surface area contributed by atoms with Crippen LogP contribution in [0, 0.1) is 0 Å². The van der Waals surface area contributed by atoms with Gasteiger partial charge in [0.1, 0.15) is 5.75 Å². The minimum atomic E-state index is -2.91. The van der Waals surface area contributed by atoms with Gasteiger partial charge >= 0.3 is 6.61 Å². The molecule has 0 aliphatic rings. The van der Waals surface area contributed by atoms with Gasteiger partial charge in [-0.15, -0.1) is 0 Å². The number of hydrogen-bond acceptors (Lipinski definition) is 3. The molecule has 1 N–H and O–H groups in total. The second-order valence-corrected chi connectivity index (χ2v) is 3.68. The van der Waals surface area contributed by atoms with Crippen LogP contribution >= 0.6 is 0 Å². The van der Waals surface area contributed by atoms with Crippen LogP contribution in [0.2, 0.25) is 0 Å². The fourth-order valence-corrected chi connectivity index (χ4v) is 1.69. The number of ether oxygens (including phenoxy) is 2. The molecule has 1 aromatic carbocycles. The maximum atomic E-state index is 12.1. The molecule has 6 heteroatoms. The zero-order valence-corrected chi connectivity index (χ0v) is 9.57. The first kappa shape index (κ1) is 12.5. The second-order valence-electron chi connectivity index (χ2n) is 3.68. The Morgan fingerprint density at radius 1 is 1.33 bits per heavy atom. The van der Waals surface area contributed by atoms with Crippen molar-refractivity contribution in [1.82, 2.24) is 4.98 Å². The van der Waals surface area contributed by atoms with E-state index in [9.17, 15) is 13.6 Å². The molecular formula is C12H11F2NO3. The van der Waals surface area contributed by atoms with E-state index in [0.717, 1.165) is 0 Å². The van der Waals surface area contributed by atoms with Gasteiger partial charge in [-0.05, 0) is 18.2 Å². The predicted molar refractivity (Wildman–Crippen MR) is 61.9 cm³/mol. The van der Waals surface area contributed by atoms with E-state index in [4.69, 9.17) is 4.74 Å². The van der Waals surface area contributed by atoms with Gasteiger partial charge < -0.3 is 14.5 Å². The van der Waals surface area contributed by atoms with Gasteiger partial charge in [-0.1, -0.05) is 0 Å². The lowest BCUT2D eigenvalue weighted by molar-refractivity contribution is -0.0497. The number of rotatable bonds is 4. The molecule has 0 bridgehead atoms. The molecule has 18 heavy (non-hydrogen) atoms. The maximum absolute atomic E-state index is 12.1. The summed E-state index contributed by atoms with van der Waals surface area (Å²) in [5.74, 6) is -0.0394. The lowest BCUT2D eigenvalue weighted by Gasteiger charge is -2.07. The summed E-state index contributed by atoms with van der Waals surface area (Å²) in [6, 6.07) is 5.56. The van der Waals surface area contributed by atoms with Crippen molar-refractivity contribution in [2.24, 2.45) is 0 Å². The molecule has 0 atom stereocenters. The first-order chi connectivity index (χ1) is 8.60. The third-order valence-electron chi connectivity index (χ3n) is 2.38. The number of halogens is 2. The smallest absolute Gasteiger partial charge is 0.387 e. The van der Waals surface area contributed by atoms with Gasteiger partial charge in [-0.25, -0.2) is 0 Å². The summed E-state index contributed by atoms with van der Waals surface area (Å²) in [7, 11) is 1.52. The van der Waals surface area contributed by atoms with E-state index in [0.29, 0.717) is 16.6 Å². The number of H-pyrrole nitrogens is 1. The molecule has 96 valence electrons. The largest absolute Gasteiger partial charge is 0.435 e. The molecule has 0 saturated heterocycles. The zero-order chi connectivity index (χ0) is 13.1. The number of pyridine rings is 1. The van der Waals surface area contributed by atoms with Gasteiger partial charge in [0.2, 0.25) is 0 Å². The normalized spacial score (nSPS) is 11.1. The van der Waals surface area contributed by atoms with E-state index in [-0.39, 0.29) is 17.8 Å². The summed E-state index contributed by atoms with van der Waals surface area (Å²) in [6.07, 6.45) is 0. The number of hydrogen-bond donors (Lipinski definition) is 1. The molecule has 0 aliphatic carbocycles. The van der Waals surface area contributed by atoms with E-state index in [1.54, 1.807) is 0 Å². The van der Waals surface area contributed by atoms with Crippen LogP contribution < -0.4 is 10.2 Å². The van der Waals surface area contributed by atoms with Gasteiger partial charge in [0.25, 0.3) is 0 Å². The van der Waals surface area contributed by atoms with Crippen LogP contribution in [0.1, 0.15) is 5.69 Å². The van der Waals surface area contributed by atoms with E-state index < -0.39 is 6.61 Å². The second kappa shape index (κ2) is 5.14. The van der Waals surface area contributed by atoms with Crippen molar-refractivity contribution < 1.29 is 18.3 Å². The first-order valence-electron chi connectivity index (χ1n) is 5.20. The van der Waals surface area contributed by atoms with Gasteiger partial charge in [0.15, 0.2) is 5.43 Å². The highest BCUT2D eigenvalue weighted by atomic mass is 19.3. The highest BCUT2D eigenvalue weighted by molar-refractivity contribution is 5.80. The molecule has 1 aromatic heterocycles. The lowest BCUT2D eigenvalue weighted by Crippen LogP contribution is -2.07. The van der Waals surface area contributed by atoms with Crippen LogP contribution in [0.25, 0.3) is 10.9 Å². The molecule has 1 heterocycles. The van der Waals surface area contributed by atoms with Gasteiger partial charge in [0.05, 0.1) is 6.61 Å². The Labute approximate surface area is 101 Å². The Morgan fingerprint density at radius 2 is 2.11 bits per heavy atom. The van der Waals surface area contributed by atoms with Crippen LogP contribution in [0.4, 0.5) is 8.78 Å². The Hall–Kier alpha value is -1.95. The zero-order valence-electron chi connectivity index (χ0n) is 9.57. The van der Waals surface area contributed by atoms with Crippen molar-refractivity contribution in [2.75, 3.05) is 7.11 Å². The predicted octanol–water partition coefficient (Wildman–Crippen LogP) is 2.28. The van der Waals surface area contributed by atoms with Crippen molar-refractivity contribution >= 4 is 10.9 Å². The molecule has 0 aliphatic heterocycles. The molecule has 0 fully saturated rings. The van der Waals surface area contributed by atoms with Crippen molar-refractivity contribution in [3.8, 4) is 5.75 Å². The van der Waals surface area contributed by atoms with E-state index >= 15 is 0 Å². The summed E-state index contributed by atoms with van der Waals surface area (Å²) in [6.45, 7) is -2.63. The molecule has 0 unspecified atom stereocenters. The Morgan fingerprint density at radius 3 is 2.78 bits per heavy atom. The summed E-state index contributed by atoms with van der Waals surface area (Å²) in [5.41, 5.74) is 0.907. The quantitative estimate of drug-likeness (QED) is 0.911. The average molecular weight is 255 g/mol. The fourth-order valence-electron chi connectivity index (χ4n) is 1.69. The number of fused-ring (bicyclic) bond motifs is 1. The van der Waals surface area contributed by atoms with Crippen LogP contribution in [0.5, 0.6) is 5.75 Å². The third kappa shape index (κ3) is 2.65. The monoisotopic (exact) mass is 255 g/mol. The third-order valence-corrected chi connectivity index (χ3v) is 2.38. The van der Waals surface area contributed by atoms with Gasteiger partial charge in [0, 0.05) is 29.8 Å². The van der Waals surface area contributed by atoms with Crippen molar-refractivity contribution in [1.29, 1.82) is 0 Å². The topological polar surface area (TPSA) is 51.3 Å². The number of nitrogens with one attached hydrogen (secondary N) is 1. The molecular weight excluding hydrogens is 244 g/mol. The number of alkyl halides is 2. The summed E-state index contributed by atoms with van der Waals surface area (Å²) in [4.78, 5) is 14.8. The molecule has 0 spiro atoms. The van der Waals surface area contributed by atoms with Crippen LogP contribution in [0.3, 0.4) is 0 Å². The average Bonchev–Trinajstić information content (AvgIpc) is 2.30. The van der Waals surface area contributed by atoms with Gasteiger partial charge in [-0.2, -0.15) is 8.78 Å². The summed E-state index contributed by atoms with van der Waals surface area (Å²) >= 11 is 0.